The molecule has 25 heavy (non-hydrogen) atoms. The topological polar surface area (TPSA) is 36.4 Å². The summed E-state index contributed by atoms with van der Waals surface area (Å²) < 4.78 is 0. The zero-order valence-corrected chi connectivity index (χ0v) is 14.5. The third-order valence-corrected chi connectivity index (χ3v) is 4.76. The third-order valence-electron chi connectivity index (χ3n) is 4.76. The van der Waals surface area contributed by atoms with E-state index in [-0.39, 0.29) is 0 Å². The van der Waals surface area contributed by atoms with E-state index in [1.807, 2.05) is 0 Å². The second-order valence-electron chi connectivity index (χ2n) is 6.50. The molecule has 0 saturated heterocycles. The molecule has 3 aromatic rings. The molecule has 0 aliphatic carbocycles. The summed E-state index contributed by atoms with van der Waals surface area (Å²) in [7, 11) is 0. The smallest absolute Gasteiger partial charge is 0.128 e. The number of nitrogens with one attached hydrogen (secondary N) is 2. The molecular formula is C22H23N3. The number of nitrogens with zero attached hydrogens (tertiary/aromatic N) is 1. The molecule has 1 aliphatic heterocycles. The summed E-state index contributed by atoms with van der Waals surface area (Å²) in [5.74, 6) is 1.03. The van der Waals surface area contributed by atoms with E-state index in [2.05, 4.69) is 83.2 Å². The van der Waals surface area contributed by atoms with Crippen LogP contribution in [0.15, 0.2) is 65.7 Å². The van der Waals surface area contributed by atoms with E-state index in [0.29, 0.717) is 0 Å². The Bertz CT molecular complexity index is 927. The summed E-state index contributed by atoms with van der Waals surface area (Å²) >= 11 is 0. The number of aliphatic imine (C=N–C) groups is 1. The van der Waals surface area contributed by atoms with Gasteiger partial charge in [0.25, 0.3) is 0 Å². The summed E-state index contributed by atoms with van der Waals surface area (Å²) in [4.78, 5) is 4.66. The van der Waals surface area contributed by atoms with Crippen molar-refractivity contribution in [3.8, 4) is 0 Å². The Morgan fingerprint density at radius 3 is 2.72 bits per heavy atom. The maximum atomic E-state index is 4.66. The molecule has 3 aromatic carbocycles. The molecule has 0 radical (unpaired) electrons. The van der Waals surface area contributed by atoms with Gasteiger partial charge in [0.1, 0.15) is 5.84 Å². The first-order valence-corrected chi connectivity index (χ1v) is 8.92. The van der Waals surface area contributed by atoms with Crippen LogP contribution in [0.5, 0.6) is 0 Å². The van der Waals surface area contributed by atoms with Gasteiger partial charge in [0.15, 0.2) is 0 Å². The quantitative estimate of drug-likeness (QED) is 0.739. The average molecular weight is 329 g/mol. The summed E-state index contributed by atoms with van der Waals surface area (Å²) in [6, 6.07) is 21.4. The van der Waals surface area contributed by atoms with Crippen molar-refractivity contribution in [1.82, 2.24) is 5.32 Å². The van der Waals surface area contributed by atoms with E-state index in [4.69, 9.17) is 0 Å². The molecule has 126 valence electrons. The molecule has 0 fully saturated rings. The number of anilines is 1. The molecule has 0 bridgehead atoms. The number of rotatable bonds is 4. The normalized spacial score (nSPS) is 14.0. The Morgan fingerprint density at radius 1 is 1.00 bits per heavy atom. The zero-order chi connectivity index (χ0) is 17.1. The maximum absolute atomic E-state index is 4.66. The van der Waals surface area contributed by atoms with Gasteiger partial charge in [-0.15, -0.1) is 0 Å². The first-order valence-electron chi connectivity index (χ1n) is 8.92. The predicted molar refractivity (Wildman–Crippen MR) is 106 cm³/mol. The number of hydrogen-bond donors (Lipinski definition) is 2. The van der Waals surface area contributed by atoms with Crippen LogP contribution in [0.3, 0.4) is 0 Å². The van der Waals surface area contributed by atoms with Gasteiger partial charge in [0, 0.05) is 36.3 Å². The van der Waals surface area contributed by atoms with E-state index >= 15 is 0 Å². The molecule has 0 saturated carbocycles. The Morgan fingerprint density at radius 2 is 1.84 bits per heavy atom. The molecule has 2 N–H and O–H groups in total. The maximum Gasteiger partial charge on any atom is 0.128 e. The molecule has 1 aliphatic rings. The summed E-state index contributed by atoms with van der Waals surface area (Å²) in [6.07, 6.45) is 1.11. The van der Waals surface area contributed by atoms with Crippen LogP contribution in [0.1, 0.15) is 23.1 Å². The number of hydrogen-bond acceptors (Lipinski definition) is 3. The number of aryl methyl sites for hydroxylation is 1. The van der Waals surface area contributed by atoms with Gasteiger partial charge in [-0.05, 0) is 29.9 Å². The molecule has 0 atom stereocenters. The first kappa shape index (κ1) is 15.7. The fourth-order valence-corrected chi connectivity index (χ4v) is 3.42. The SMILES string of the molecule is Cc1ccc2ccccc2c1NCc1ccccc1C1=NCCCN1. The van der Waals surface area contributed by atoms with Crippen LogP contribution in [0.25, 0.3) is 10.8 Å². The molecule has 0 aromatic heterocycles. The molecular weight excluding hydrogens is 306 g/mol. The van der Waals surface area contributed by atoms with Crippen LogP contribution in [-0.4, -0.2) is 18.9 Å². The van der Waals surface area contributed by atoms with Crippen molar-refractivity contribution in [1.29, 1.82) is 0 Å². The average Bonchev–Trinajstić information content (AvgIpc) is 2.68. The fraction of sp³-hybridized carbons (Fsp3) is 0.227. The summed E-state index contributed by atoms with van der Waals surface area (Å²) in [5, 5.41) is 9.64. The van der Waals surface area contributed by atoms with E-state index in [0.717, 1.165) is 31.9 Å². The van der Waals surface area contributed by atoms with Gasteiger partial charge in [-0.25, -0.2) is 0 Å². The van der Waals surface area contributed by atoms with Gasteiger partial charge in [-0.3, -0.25) is 4.99 Å². The van der Waals surface area contributed by atoms with Crippen molar-refractivity contribution < 1.29 is 0 Å². The minimum absolute atomic E-state index is 0.783. The molecule has 1 heterocycles. The highest BCUT2D eigenvalue weighted by Crippen LogP contribution is 2.27. The largest absolute Gasteiger partial charge is 0.380 e. The lowest BCUT2D eigenvalue weighted by Crippen LogP contribution is -2.31. The van der Waals surface area contributed by atoms with Gasteiger partial charge < -0.3 is 10.6 Å². The van der Waals surface area contributed by atoms with Crippen molar-refractivity contribution in [2.24, 2.45) is 4.99 Å². The van der Waals surface area contributed by atoms with E-state index in [9.17, 15) is 0 Å². The van der Waals surface area contributed by atoms with Crippen molar-refractivity contribution in [3.63, 3.8) is 0 Å². The van der Waals surface area contributed by atoms with Gasteiger partial charge in [-0.2, -0.15) is 0 Å². The van der Waals surface area contributed by atoms with Gasteiger partial charge >= 0.3 is 0 Å². The minimum Gasteiger partial charge on any atom is -0.380 e. The fourth-order valence-electron chi connectivity index (χ4n) is 3.42. The van der Waals surface area contributed by atoms with Crippen LogP contribution < -0.4 is 10.6 Å². The number of fused-ring (bicyclic) bond motifs is 1. The van der Waals surface area contributed by atoms with Gasteiger partial charge in [0.2, 0.25) is 0 Å². The number of benzene rings is 3. The zero-order valence-electron chi connectivity index (χ0n) is 14.5. The second-order valence-corrected chi connectivity index (χ2v) is 6.50. The molecule has 0 spiro atoms. The van der Waals surface area contributed by atoms with Crippen LogP contribution in [0, 0.1) is 6.92 Å². The Balaban J connectivity index is 1.65. The third kappa shape index (κ3) is 3.22. The Labute approximate surface area is 148 Å². The number of amidine groups is 1. The van der Waals surface area contributed by atoms with Gasteiger partial charge in [-0.1, -0.05) is 60.7 Å². The molecule has 0 amide bonds. The summed E-state index contributed by atoms with van der Waals surface area (Å²) in [6.45, 7) is 4.86. The highest BCUT2D eigenvalue weighted by molar-refractivity contribution is 6.00. The molecule has 0 unspecified atom stereocenters. The monoisotopic (exact) mass is 329 g/mol. The van der Waals surface area contributed by atoms with Crippen LogP contribution >= 0.6 is 0 Å². The van der Waals surface area contributed by atoms with E-state index in [1.54, 1.807) is 0 Å². The Hall–Kier alpha value is -2.81. The highest BCUT2D eigenvalue weighted by atomic mass is 15.0. The van der Waals surface area contributed by atoms with Gasteiger partial charge in [0.05, 0.1) is 0 Å². The van der Waals surface area contributed by atoms with Crippen LogP contribution in [0.4, 0.5) is 5.69 Å². The lowest BCUT2D eigenvalue weighted by molar-refractivity contribution is 0.741. The molecule has 4 rings (SSSR count). The standard InChI is InChI=1S/C22H23N3/c1-16-11-12-17-7-2-4-9-19(17)21(16)25-15-18-8-3-5-10-20(18)22-23-13-6-14-24-22/h2-5,7-12,25H,6,13-15H2,1H3,(H,23,24). The van der Waals surface area contributed by atoms with Crippen LogP contribution in [-0.2, 0) is 6.54 Å². The van der Waals surface area contributed by atoms with Crippen molar-refractivity contribution in [3.05, 3.63) is 77.4 Å². The van der Waals surface area contributed by atoms with E-state index in [1.165, 1.54) is 33.2 Å². The molecule has 3 heteroatoms. The predicted octanol–water partition coefficient (Wildman–Crippen LogP) is 4.50. The van der Waals surface area contributed by atoms with Crippen molar-refractivity contribution in [2.75, 3.05) is 18.4 Å². The first-order chi connectivity index (χ1) is 12.3. The Kier molecular flexibility index (Phi) is 4.38. The molecule has 3 nitrogen and oxygen atoms in total. The van der Waals surface area contributed by atoms with Crippen molar-refractivity contribution in [2.45, 2.75) is 19.9 Å². The van der Waals surface area contributed by atoms with E-state index < -0.39 is 0 Å². The van der Waals surface area contributed by atoms with Crippen LogP contribution in [0.2, 0.25) is 0 Å². The lowest BCUT2D eigenvalue weighted by Gasteiger charge is -2.19. The van der Waals surface area contributed by atoms with Crippen molar-refractivity contribution >= 4 is 22.3 Å². The highest BCUT2D eigenvalue weighted by Gasteiger charge is 2.12. The minimum atomic E-state index is 0.783. The second kappa shape index (κ2) is 6.98. The lowest BCUT2D eigenvalue weighted by atomic mass is 10.0. The summed E-state index contributed by atoms with van der Waals surface area (Å²) in [5.41, 5.74) is 4.95.